The molecule has 2 aromatic rings. The van der Waals surface area contributed by atoms with Crippen molar-refractivity contribution in [2.24, 2.45) is 22.2 Å². The number of guanidine groups is 1. The van der Waals surface area contributed by atoms with Gasteiger partial charge in [-0.05, 0) is 56.1 Å². The van der Waals surface area contributed by atoms with Gasteiger partial charge in [-0.2, -0.15) is 0 Å². The van der Waals surface area contributed by atoms with E-state index in [0.29, 0.717) is 38.8 Å². The maximum atomic E-state index is 13.9. The first-order valence-corrected chi connectivity index (χ1v) is 16.1. The number of aliphatic imine (C=N–C) groups is 1. The summed E-state index contributed by atoms with van der Waals surface area (Å²) in [7, 11) is 0. The summed E-state index contributed by atoms with van der Waals surface area (Å²) in [5.74, 6) is -1.42. The molecular weight excluding hydrogens is 570 g/mol. The van der Waals surface area contributed by atoms with Crippen molar-refractivity contribution in [2.45, 2.75) is 81.8 Å². The Kier molecular flexibility index (Phi) is 12.5. The summed E-state index contributed by atoms with van der Waals surface area (Å²) < 4.78 is 0. The van der Waals surface area contributed by atoms with Gasteiger partial charge in [0.1, 0.15) is 6.04 Å². The second kappa shape index (κ2) is 16.7. The maximum absolute atomic E-state index is 13.9. The Morgan fingerprint density at radius 2 is 1.47 bits per heavy atom. The lowest BCUT2D eigenvalue weighted by molar-refractivity contribution is -0.140. The van der Waals surface area contributed by atoms with Gasteiger partial charge in [0.15, 0.2) is 11.7 Å². The van der Waals surface area contributed by atoms with Crippen LogP contribution >= 0.6 is 0 Å². The van der Waals surface area contributed by atoms with Crippen LogP contribution in [0.15, 0.2) is 65.7 Å². The van der Waals surface area contributed by atoms with Gasteiger partial charge < -0.3 is 32.3 Å². The molecule has 0 bridgehead atoms. The Morgan fingerprint density at radius 1 is 0.844 bits per heavy atom. The zero-order valence-corrected chi connectivity index (χ0v) is 26.0. The molecule has 2 aliphatic heterocycles. The minimum absolute atomic E-state index is 0.0244. The summed E-state index contributed by atoms with van der Waals surface area (Å²) in [6.07, 6.45) is 5.06. The molecule has 0 unspecified atom stereocenters. The monoisotopic (exact) mass is 617 g/mol. The SMILES string of the molecule is NC(N)=NCCC[C@H](NC(=O)[C@@H]1CCCN1C(=O)[C@H](N)C(c1ccccc1)c1ccccc1)C(=O)CCC(=O)N1CCCCC1. The molecule has 11 heteroatoms. The van der Waals surface area contributed by atoms with Crippen LogP contribution < -0.4 is 22.5 Å². The fraction of sp³-hybridized carbons (Fsp3) is 0.500. The number of piperidine rings is 1. The van der Waals surface area contributed by atoms with E-state index in [0.717, 1.165) is 43.5 Å². The predicted octanol–water partition coefficient (Wildman–Crippen LogP) is 2.04. The van der Waals surface area contributed by atoms with Gasteiger partial charge in [0.2, 0.25) is 17.7 Å². The molecule has 0 aromatic heterocycles. The van der Waals surface area contributed by atoms with Crippen LogP contribution in [0.2, 0.25) is 0 Å². The van der Waals surface area contributed by atoms with E-state index in [1.54, 1.807) is 4.90 Å². The molecule has 0 aliphatic carbocycles. The van der Waals surface area contributed by atoms with E-state index in [2.05, 4.69) is 10.3 Å². The number of nitrogens with zero attached hydrogens (tertiary/aromatic N) is 3. The van der Waals surface area contributed by atoms with Crippen molar-refractivity contribution in [3.8, 4) is 0 Å². The Morgan fingerprint density at radius 3 is 2.07 bits per heavy atom. The topological polar surface area (TPSA) is 177 Å². The highest BCUT2D eigenvalue weighted by Crippen LogP contribution is 2.30. The summed E-state index contributed by atoms with van der Waals surface area (Å²) in [5, 5.41) is 2.91. The highest BCUT2D eigenvalue weighted by atomic mass is 16.2. The maximum Gasteiger partial charge on any atom is 0.243 e. The van der Waals surface area contributed by atoms with E-state index in [1.165, 1.54) is 0 Å². The molecule has 2 heterocycles. The highest BCUT2D eigenvalue weighted by Gasteiger charge is 2.40. The second-order valence-electron chi connectivity index (χ2n) is 11.9. The third-order valence-electron chi connectivity index (χ3n) is 8.74. The van der Waals surface area contributed by atoms with Gasteiger partial charge >= 0.3 is 0 Å². The van der Waals surface area contributed by atoms with E-state index in [1.807, 2.05) is 65.6 Å². The number of likely N-dealkylation sites (tertiary alicyclic amines) is 2. The molecule has 7 N–H and O–H groups in total. The zero-order chi connectivity index (χ0) is 32.2. The number of nitrogens with one attached hydrogen (secondary N) is 1. The molecule has 2 aliphatic rings. The van der Waals surface area contributed by atoms with Crippen LogP contribution in [0.1, 0.15) is 74.8 Å². The Balaban J connectivity index is 1.45. The predicted molar refractivity (Wildman–Crippen MR) is 174 cm³/mol. The van der Waals surface area contributed by atoms with Crippen molar-refractivity contribution in [3.63, 3.8) is 0 Å². The van der Waals surface area contributed by atoms with Crippen LogP contribution in [-0.4, -0.2) is 83.6 Å². The largest absolute Gasteiger partial charge is 0.370 e. The lowest BCUT2D eigenvalue weighted by atomic mass is 9.84. The molecule has 2 aromatic carbocycles. The first-order valence-electron chi connectivity index (χ1n) is 16.1. The summed E-state index contributed by atoms with van der Waals surface area (Å²) in [6.45, 7) is 2.13. The third-order valence-corrected chi connectivity index (χ3v) is 8.74. The Bertz CT molecular complexity index is 1270. The van der Waals surface area contributed by atoms with E-state index in [4.69, 9.17) is 17.2 Å². The first-order chi connectivity index (χ1) is 21.8. The number of carbonyl (C=O) groups is 4. The normalized spacial score (nSPS) is 17.9. The van der Waals surface area contributed by atoms with E-state index < -0.39 is 30.0 Å². The molecule has 45 heavy (non-hydrogen) atoms. The van der Waals surface area contributed by atoms with Crippen LogP contribution in [0, 0.1) is 0 Å². The Hall–Kier alpha value is -4.25. The molecule has 3 amide bonds. The van der Waals surface area contributed by atoms with Crippen molar-refractivity contribution in [1.82, 2.24) is 15.1 Å². The van der Waals surface area contributed by atoms with Crippen LogP contribution in [0.4, 0.5) is 0 Å². The number of amides is 3. The lowest BCUT2D eigenvalue weighted by Gasteiger charge is -2.31. The van der Waals surface area contributed by atoms with Crippen molar-refractivity contribution in [1.29, 1.82) is 0 Å². The summed E-state index contributed by atoms with van der Waals surface area (Å²) in [6, 6.07) is 16.8. The van der Waals surface area contributed by atoms with E-state index in [9.17, 15) is 19.2 Å². The summed E-state index contributed by atoms with van der Waals surface area (Å²) in [5.41, 5.74) is 19.4. The average molecular weight is 618 g/mol. The molecule has 4 rings (SSSR count). The average Bonchev–Trinajstić information content (AvgIpc) is 3.56. The summed E-state index contributed by atoms with van der Waals surface area (Å²) in [4.78, 5) is 61.1. The van der Waals surface area contributed by atoms with Crippen molar-refractivity contribution >= 4 is 29.5 Å². The summed E-state index contributed by atoms with van der Waals surface area (Å²) >= 11 is 0. The highest BCUT2D eigenvalue weighted by molar-refractivity contribution is 5.95. The van der Waals surface area contributed by atoms with Gasteiger partial charge in [0.05, 0.1) is 12.1 Å². The number of carbonyl (C=O) groups excluding carboxylic acids is 4. The van der Waals surface area contributed by atoms with Gasteiger partial charge in [-0.1, -0.05) is 60.7 Å². The van der Waals surface area contributed by atoms with Crippen molar-refractivity contribution in [2.75, 3.05) is 26.2 Å². The number of benzene rings is 2. The smallest absolute Gasteiger partial charge is 0.243 e. The second-order valence-corrected chi connectivity index (χ2v) is 11.9. The number of ketones is 1. The molecule has 0 spiro atoms. The van der Waals surface area contributed by atoms with Gasteiger partial charge in [-0.15, -0.1) is 0 Å². The minimum Gasteiger partial charge on any atom is -0.370 e. The van der Waals surface area contributed by atoms with Gasteiger partial charge in [-0.3, -0.25) is 24.2 Å². The van der Waals surface area contributed by atoms with Gasteiger partial charge in [0.25, 0.3) is 0 Å². The van der Waals surface area contributed by atoms with Crippen LogP contribution in [-0.2, 0) is 19.2 Å². The molecular formula is C34H47N7O4. The molecule has 2 fully saturated rings. The number of hydrogen-bond donors (Lipinski definition) is 4. The minimum atomic E-state index is -0.916. The van der Waals surface area contributed by atoms with E-state index in [-0.39, 0.29) is 36.4 Å². The van der Waals surface area contributed by atoms with Crippen LogP contribution in [0.3, 0.4) is 0 Å². The third kappa shape index (κ3) is 9.37. The van der Waals surface area contributed by atoms with Crippen molar-refractivity contribution < 1.29 is 19.2 Å². The molecule has 0 radical (unpaired) electrons. The molecule has 3 atom stereocenters. The quantitative estimate of drug-likeness (QED) is 0.142. The lowest BCUT2D eigenvalue weighted by Crippen LogP contribution is -2.55. The number of rotatable bonds is 14. The van der Waals surface area contributed by atoms with Gasteiger partial charge in [-0.25, -0.2) is 0 Å². The van der Waals surface area contributed by atoms with Crippen LogP contribution in [0.25, 0.3) is 0 Å². The number of Topliss-reactive ketones (excluding diaryl/α,β-unsaturated/α-hetero) is 1. The number of nitrogens with two attached hydrogens (primary N) is 3. The fourth-order valence-corrected chi connectivity index (χ4v) is 6.36. The molecule has 2 saturated heterocycles. The van der Waals surface area contributed by atoms with Crippen LogP contribution in [0.5, 0.6) is 0 Å². The molecule has 0 saturated carbocycles. The number of hydrogen-bond acceptors (Lipinski definition) is 6. The fourth-order valence-electron chi connectivity index (χ4n) is 6.36. The van der Waals surface area contributed by atoms with Gasteiger partial charge in [0, 0.05) is 44.9 Å². The standard InChI is InChI=1S/C34H47N7O4/c35-31(30(24-12-4-1-5-13-24)25-14-6-2-7-15-25)33(45)41-23-11-17-27(41)32(44)39-26(16-10-20-38-34(36)37)28(42)18-19-29(43)40-21-8-3-9-22-40/h1-2,4-7,12-15,26-27,30-31H,3,8-11,16-23,35H2,(H,39,44)(H4,36,37,38)/t26-,27-,31+/m0/s1. The zero-order valence-electron chi connectivity index (χ0n) is 26.0. The molecule has 11 nitrogen and oxygen atoms in total. The Labute approximate surface area is 265 Å². The molecule has 242 valence electrons. The van der Waals surface area contributed by atoms with Crippen molar-refractivity contribution in [3.05, 3.63) is 71.8 Å². The van der Waals surface area contributed by atoms with E-state index >= 15 is 0 Å². The first kappa shape index (κ1) is 33.6.